The van der Waals surface area contributed by atoms with E-state index in [1.807, 2.05) is 0 Å². The third-order valence-corrected chi connectivity index (χ3v) is 3.81. The number of aliphatic hydroxyl groups is 1. The summed E-state index contributed by atoms with van der Waals surface area (Å²) in [5.41, 5.74) is -0.0241. The van der Waals surface area contributed by atoms with E-state index in [2.05, 4.69) is 20.5 Å². The van der Waals surface area contributed by atoms with Crippen molar-refractivity contribution < 1.29 is 24.2 Å². The first-order chi connectivity index (χ1) is 15.0. The van der Waals surface area contributed by atoms with Gasteiger partial charge in [0.25, 0.3) is 0 Å². The van der Waals surface area contributed by atoms with Gasteiger partial charge in [0.05, 0.1) is 13.2 Å². The summed E-state index contributed by atoms with van der Waals surface area (Å²) in [6.07, 6.45) is 2.27. The number of anilines is 1. The molecule has 31 heavy (non-hydrogen) atoms. The fraction of sp³-hybridized carbons (Fsp3) is 0.190. The second-order valence-electron chi connectivity index (χ2n) is 5.74. The smallest absolute Gasteiger partial charge is 0.358 e. The molecule has 1 aromatic carbocycles. The van der Waals surface area contributed by atoms with Crippen LogP contribution in [-0.4, -0.2) is 46.7 Å². The number of aromatic nitrogens is 2. The Morgan fingerprint density at radius 1 is 1.06 bits per heavy atom. The quantitative estimate of drug-likeness (QED) is 0.260. The van der Waals surface area contributed by atoms with Crippen LogP contribution in [0.4, 0.5) is 5.82 Å². The van der Waals surface area contributed by atoms with Crippen LogP contribution in [0.15, 0.2) is 64.9 Å². The highest BCUT2D eigenvalue weighted by Gasteiger charge is 2.17. The number of ether oxygens (including phenoxy) is 2. The summed E-state index contributed by atoms with van der Waals surface area (Å²) < 4.78 is 9.98. The minimum Gasteiger partial charge on any atom is -0.506 e. The van der Waals surface area contributed by atoms with Crippen LogP contribution in [0.3, 0.4) is 0 Å². The average molecular weight is 445 g/mol. The molecule has 0 atom stereocenters. The van der Waals surface area contributed by atoms with Crippen molar-refractivity contribution in [2.24, 2.45) is 4.99 Å². The summed E-state index contributed by atoms with van der Waals surface area (Å²) in [7, 11) is 0. The Morgan fingerprint density at radius 3 is 2.35 bits per heavy atom. The standard InChI is InChI=1S/C21H21ClN4O5/c1-3-30-20(28)15(19(27)14-8-6-5-7-9-14)12-23-16(21(29)31-4-2)13-24-18-11-10-17(22)25-26-18/h5-13,27H,3-4H2,1-2H3,(H,24,26)/b16-13-,19-15+,23-12+. The van der Waals surface area contributed by atoms with Gasteiger partial charge in [-0.2, -0.15) is 0 Å². The molecule has 2 aromatic rings. The number of hydrogen-bond donors (Lipinski definition) is 2. The van der Waals surface area contributed by atoms with Gasteiger partial charge in [-0.05, 0) is 26.0 Å². The van der Waals surface area contributed by atoms with Crippen molar-refractivity contribution >= 4 is 41.3 Å². The molecule has 10 heteroatoms. The number of benzene rings is 1. The van der Waals surface area contributed by atoms with Crippen molar-refractivity contribution in [2.45, 2.75) is 13.8 Å². The van der Waals surface area contributed by atoms with Crippen LogP contribution in [-0.2, 0) is 19.1 Å². The molecule has 0 fully saturated rings. The summed E-state index contributed by atoms with van der Waals surface area (Å²) in [4.78, 5) is 28.7. The zero-order valence-electron chi connectivity index (χ0n) is 16.9. The van der Waals surface area contributed by atoms with E-state index in [-0.39, 0.29) is 35.4 Å². The third-order valence-electron chi connectivity index (χ3n) is 3.60. The molecular weight excluding hydrogens is 424 g/mol. The van der Waals surface area contributed by atoms with E-state index in [0.717, 1.165) is 6.21 Å². The third kappa shape index (κ3) is 7.23. The molecular formula is C21H21ClN4O5. The Balaban J connectivity index is 2.40. The molecule has 1 heterocycles. The lowest BCUT2D eigenvalue weighted by molar-refractivity contribution is -0.139. The lowest BCUT2D eigenvalue weighted by Crippen LogP contribution is -2.13. The molecule has 0 saturated carbocycles. The van der Waals surface area contributed by atoms with Crippen LogP contribution in [0, 0.1) is 0 Å². The van der Waals surface area contributed by atoms with Gasteiger partial charge in [0.2, 0.25) is 0 Å². The van der Waals surface area contributed by atoms with Crippen molar-refractivity contribution in [3.05, 3.63) is 70.7 Å². The lowest BCUT2D eigenvalue weighted by Gasteiger charge is -2.08. The number of carbonyl (C=O) groups excluding carboxylic acids is 2. The van der Waals surface area contributed by atoms with Gasteiger partial charge in [-0.15, -0.1) is 10.2 Å². The fourth-order valence-corrected chi connectivity index (χ4v) is 2.29. The number of aliphatic imine (C=N–C) groups is 1. The minimum absolute atomic E-state index is 0.0929. The second kappa shape index (κ2) is 12.1. The van der Waals surface area contributed by atoms with Crippen molar-refractivity contribution in [1.29, 1.82) is 0 Å². The number of rotatable bonds is 9. The molecule has 9 nitrogen and oxygen atoms in total. The van der Waals surface area contributed by atoms with Gasteiger partial charge < -0.3 is 19.9 Å². The first kappa shape index (κ1) is 23.6. The van der Waals surface area contributed by atoms with E-state index < -0.39 is 11.9 Å². The lowest BCUT2D eigenvalue weighted by atomic mass is 10.1. The molecule has 1 aromatic heterocycles. The average Bonchev–Trinajstić information content (AvgIpc) is 2.77. The van der Waals surface area contributed by atoms with Crippen molar-refractivity contribution in [1.82, 2.24) is 10.2 Å². The predicted molar refractivity (Wildman–Crippen MR) is 116 cm³/mol. The molecule has 0 saturated heterocycles. The number of nitrogens with one attached hydrogen (secondary N) is 1. The van der Waals surface area contributed by atoms with Crippen molar-refractivity contribution in [3.63, 3.8) is 0 Å². The Hall–Kier alpha value is -3.72. The molecule has 2 N–H and O–H groups in total. The zero-order chi connectivity index (χ0) is 22.6. The molecule has 0 radical (unpaired) electrons. The molecule has 0 aliphatic rings. The maximum Gasteiger partial charge on any atom is 0.358 e. The SMILES string of the molecule is CCOC(=O)C(=C/Nc1ccc(Cl)nn1)/N=C/C(C(=O)OCC)=C(\O)c1ccccc1. The number of carbonyl (C=O) groups is 2. The maximum absolute atomic E-state index is 12.4. The van der Waals surface area contributed by atoms with Gasteiger partial charge in [-0.25, -0.2) is 14.6 Å². The molecule has 162 valence electrons. The number of nitrogens with zero attached hydrogens (tertiary/aromatic N) is 3. The first-order valence-electron chi connectivity index (χ1n) is 9.29. The van der Waals surface area contributed by atoms with Crippen LogP contribution in [0.5, 0.6) is 0 Å². The van der Waals surface area contributed by atoms with Crippen molar-refractivity contribution in [2.75, 3.05) is 18.5 Å². The summed E-state index contributed by atoms with van der Waals surface area (Å²) in [6, 6.07) is 11.5. The van der Waals surface area contributed by atoms with E-state index >= 15 is 0 Å². The van der Waals surface area contributed by atoms with E-state index in [9.17, 15) is 14.7 Å². The number of aliphatic hydroxyl groups excluding tert-OH is 1. The fourth-order valence-electron chi connectivity index (χ4n) is 2.19. The van der Waals surface area contributed by atoms with Crippen molar-refractivity contribution in [3.8, 4) is 0 Å². The van der Waals surface area contributed by atoms with Crippen LogP contribution < -0.4 is 5.32 Å². The Bertz CT molecular complexity index is 989. The van der Waals surface area contributed by atoms with Crippen LogP contribution in [0.25, 0.3) is 5.76 Å². The van der Waals surface area contributed by atoms with Crippen LogP contribution >= 0.6 is 11.6 Å². The summed E-state index contributed by atoms with van der Waals surface area (Å²) in [5.74, 6) is -1.60. The first-order valence-corrected chi connectivity index (χ1v) is 9.67. The summed E-state index contributed by atoms with van der Waals surface area (Å²) in [6.45, 7) is 3.48. The zero-order valence-corrected chi connectivity index (χ0v) is 17.7. The van der Waals surface area contributed by atoms with Gasteiger partial charge >= 0.3 is 11.9 Å². The molecule has 0 aliphatic heterocycles. The number of halogens is 1. The Labute approximate surface area is 184 Å². The Kier molecular flexibility index (Phi) is 9.18. The Morgan fingerprint density at radius 2 is 1.74 bits per heavy atom. The largest absolute Gasteiger partial charge is 0.506 e. The summed E-state index contributed by atoms with van der Waals surface area (Å²) >= 11 is 5.70. The van der Waals surface area contributed by atoms with Crippen LogP contribution in [0.1, 0.15) is 19.4 Å². The van der Waals surface area contributed by atoms with Crippen LogP contribution in [0.2, 0.25) is 5.15 Å². The van der Waals surface area contributed by atoms with E-state index in [0.29, 0.717) is 11.4 Å². The predicted octanol–water partition coefficient (Wildman–Crippen LogP) is 3.55. The highest BCUT2D eigenvalue weighted by atomic mass is 35.5. The molecule has 0 bridgehead atoms. The molecule has 0 aliphatic carbocycles. The molecule has 2 rings (SSSR count). The monoisotopic (exact) mass is 444 g/mol. The number of esters is 2. The highest BCUT2D eigenvalue weighted by molar-refractivity contribution is 6.29. The number of hydrogen-bond acceptors (Lipinski definition) is 9. The van der Waals surface area contributed by atoms with Gasteiger partial charge in [-0.3, -0.25) is 0 Å². The highest BCUT2D eigenvalue weighted by Crippen LogP contribution is 2.17. The van der Waals surface area contributed by atoms with E-state index in [4.69, 9.17) is 21.1 Å². The van der Waals surface area contributed by atoms with Gasteiger partial charge in [0.15, 0.2) is 16.7 Å². The van der Waals surface area contributed by atoms with Gasteiger partial charge in [-0.1, -0.05) is 41.9 Å². The van der Waals surface area contributed by atoms with Gasteiger partial charge in [0, 0.05) is 18.0 Å². The molecule has 0 spiro atoms. The second-order valence-corrected chi connectivity index (χ2v) is 6.13. The molecule has 0 amide bonds. The topological polar surface area (TPSA) is 123 Å². The normalized spacial score (nSPS) is 12.3. The molecule has 0 unspecified atom stereocenters. The summed E-state index contributed by atoms with van der Waals surface area (Å²) in [5, 5.41) is 21.0. The van der Waals surface area contributed by atoms with E-state index in [1.165, 1.54) is 12.3 Å². The van der Waals surface area contributed by atoms with E-state index in [1.54, 1.807) is 50.2 Å². The maximum atomic E-state index is 12.4. The van der Waals surface area contributed by atoms with Gasteiger partial charge in [0.1, 0.15) is 11.3 Å². The minimum atomic E-state index is -0.799.